The number of aliphatic carboxylic acids is 1. The number of hydrogen-bond acceptors (Lipinski definition) is 7. The highest BCUT2D eigenvalue weighted by molar-refractivity contribution is 5.77. The predicted octanol–water partition coefficient (Wildman–Crippen LogP) is 4.20. The van der Waals surface area contributed by atoms with Gasteiger partial charge in [-0.15, -0.1) is 0 Å². The molecule has 2 heterocycles. The number of nitrogens with zero attached hydrogens (tertiary/aromatic N) is 3. The lowest BCUT2D eigenvalue weighted by Gasteiger charge is -2.36. The van der Waals surface area contributed by atoms with E-state index < -0.39 is 5.97 Å². The topological polar surface area (TPSA) is 96.8 Å². The second-order valence-electron chi connectivity index (χ2n) is 7.69. The van der Waals surface area contributed by atoms with Gasteiger partial charge in [-0.2, -0.15) is 0 Å². The van der Waals surface area contributed by atoms with Crippen molar-refractivity contribution in [2.75, 3.05) is 37.1 Å². The molecule has 0 unspecified atom stereocenters. The van der Waals surface area contributed by atoms with Crippen LogP contribution in [0.3, 0.4) is 0 Å². The maximum Gasteiger partial charge on any atom is 0.316 e. The summed E-state index contributed by atoms with van der Waals surface area (Å²) in [6, 6.07) is 6.94. The SMILES string of the molecule is CC[C@H](CC(=O)O)c1ccc(N(CC)C2CCOCC2)c(Nc2cnc(OC)nc2)c1. The van der Waals surface area contributed by atoms with E-state index in [1.165, 1.54) is 7.11 Å². The molecule has 0 spiro atoms. The fraction of sp³-hybridized carbons (Fsp3) is 0.522. The van der Waals surface area contributed by atoms with Crippen LogP contribution in [0.5, 0.6) is 6.01 Å². The molecule has 8 nitrogen and oxygen atoms in total. The van der Waals surface area contributed by atoms with Crippen LogP contribution in [0.25, 0.3) is 0 Å². The second kappa shape index (κ2) is 10.9. The molecule has 1 aliphatic rings. The van der Waals surface area contributed by atoms with Crippen LogP contribution in [0.2, 0.25) is 0 Å². The lowest BCUT2D eigenvalue weighted by Crippen LogP contribution is -2.39. The molecule has 2 N–H and O–H groups in total. The number of rotatable bonds is 10. The van der Waals surface area contributed by atoms with Gasteiger partial charge in [-0.25, -0.2) is 9.97 Å². The molecule has 1 atom stereocenters. The molecule has 1 fully saturated rings. The summed E-state index contributed by atoms with van der Waals surface area (Å²) in [7, 11) is 1.53. The lowest BCUT2D eigenvalue weighted by molar-refractivity contribution is -0.137. The predicted molar refractivity (Wildman–Crippen MR) is 120 cm³/mol. The number of hydrogen-bond donors (Lipinski definition) is 2. The molecule has 1 aliphatic heterocycles. The van der Waals surface area contributed by atoms with Gasteiger partial charge in [0.25, 0.3) is 0 Å². The Morgan fingerprint density at radius 2 is 2.00 bits per heavy atom. The van der Waals surface area contributed by atoms with Crippen molar-refractivity contribution in [2.45, 2.75) is 51.5 Å². The van der Waals surface area contributed by atoms with Gasteiger partial charge in [0, 0.05) is 25.8 Å². The quantitative estimate of drug-likeness (QED) is 0.581. The van der Waals surface area contributed by atoms with Crippen molar-refractivity contribution in [1.29, 1.82) is 0 Å². The van der Waals surface area contributed by atoms with Crippen molar-refractivity contribution in [3.8, 4) is 6.01 Å². The Bertz CT molecular complexity index is 853. The fourth-order valence-electron chi connectivity index (χ4n) is 4.13. The molecule has 1 saturated heterocycles. The summed E-state index contributed by atoms with van der Waals surface area (Å²) in [4.78, 5) is 22.1. The summed E-state index contributed by atoms with van der Waals surface area (Å²) in [6.07, 6.45) is 6.20. The maximum absolute atomic E-state index is 11.3. The fourth-order valence-corrected chi connectivity index (χ4v) is 4.13. The molecule has 1 aromatic carbocycles. The molecule has 0 radical (unpaired) electrons. The van der Waals surface area contributed by atoms with Crippen LogP contribution >= 0.6 is 0 Å². The first-order chi connectivity index (χ1) is 15.0. The molecular formula is C23H32N4O4. The number of carboxylic acid groups (broad SMARTS) is 1. The van der Waals surface area contributed by atoms with E-state index in [0.717, 1.165) is 61.6 Å². The second-order valence-corrected chi connectivity index (χ2v) is 7.69. The van der Waals surface area contributed by atoms with E-state index in [0.29, 0.717) is 12.1 Å². The molecule has 0 aliphatic carbocycles. The van der Waals surface area contributed by atoms with Crippen LogP contribution in [0.15, 0.2) is 30.6 Å². The lowest BCUT2D eigenvalue weighted by atomic mass is 9.92. The van der Waals surface area contributed by atoms with E-state index in [9.17, 15) is 9.90 Å². The van der Waals surface area contributed by atoms with E-state index in [4.69, 9.17) is 9.47 Å². The molecule has 168 valence electrons. The summed E-state index contributed by atoms with van der Waals surface area (Å²) in [5, 5.41) is 12.8. The first-order valence-corrected chi connectivity index (χ1v) is 10.9. The normalized spacial score (nSPS) is 15.3. The minimum absolute atomic E-state index is 0.0441. The summed E-state index contributed by atoms with van der Waals surface area (Å²) in [5.74, 6) is -0.830. The third-order valence-corrected chi connectivity index (χ3v) is 5.78. The van der Waals surface area contributed by atoms with Gasteiger partial charge in [0.2, 0.25) is 0 Å². The van der Waals surface area contributed by atoms with Gasteiger partial charge < -0.3 is 24.8 Å². The highest BCUT2D eigenvalue weighted by Crippen LogP contribution is 2.36. The zero-order chi connectivity index (χ0) is 22.2. The smallest absolute Gasteiger partial charge is 0.316 e. The number of anilines is 3. The standard InChI is InChI=1S/C23H32N4O4/c1-4-16(13-22(28)29)17-6-7-21(27(5-2)19-8-10-31-11-9-19)20(12-17)26-18-14-24-23(30-3)25-15-18/h6-7,12,14-16,19,26H,4-5,8-11,13H2,1-3H3,(H,28,29)/t16-/m1/s1. The Kier molecular flexibility index (Phi) is 8.06. The third kappa shape index (κ3) is 5.85. The van der Waals surface area contributed by atoms with E-state index >= 15 is 0 Å². The molecule has 3 rings (SSSR count). The number of carbonyl (C=O) groups is 1. The van der Waals surface area contributed by atoms with Gasteiger partial charge in [0.1, 0.15) is 0 Å². The average Bonchev–Trinajstić information content (AvgIpc) is 2.80. The molecule has 0 saturated carbocycles. The van der Waals surface area contributed by atoms with Crippen molar-refractivity contribution in [3.05, 3.63) is 36.2 Å². The van der Waals surface area contributed by atoms with E-state index in [-0.39, 0.29) is 12.3 Å². The van der Waals surface area contributed by atoms with Gasteiger partial charge in [-0.1, -0.05) is 13.0 Å². The molecule has 1 aromatic heterocycles. The highest BCUT2D eigenvalue weighted by atomic mass is 16.5. The summed E-state index contributed by atoms with van der Waals surface area (Å²) in [5.41, 5.74) is 3.75. The van der Waals surface area contributed by atoms with Crippen molar-refractivity contribution >= 4 is 23.0 Å². The van der Waals surface area contributed by atoms with Crippen LogP contribution in [-0.4, -0.2) is 54.0 Å². The van der Waals surface area contributed by atoms with Crippen LogP contribution in [0.4, 0.5) is 17.1 Å². The number of carboxylic acids is 1. The van der Waals surface area contributed by atoms with Crippen LogP contribution in [0, 0.1) is 0 Å². The highest BCUT2D eigenvalue weighted by Gasteiger charge is 2.24. The number of nitrogens with one attached hydrogen (secondary N) is 1. The van der Waals surface area contributed by atoms with Crippen molar-refractivity contribution < 1.29 is 19.4 Å². The van der Waals surface area contributed by atoms with Crippen LogP contribution in [0.1, 0.15) is 51.0 Å². The number of methoxy groups -OCH3 is 1. The van der Waals surface area contributed by atoms with Gasteiger partial charge >= 0.3 is 12.0 Å². The van der Waals surface area contributed by atoms with Crippen molar-refractivity contribution in [2.24, 2.45) is 0 Å². The first kappa shape index (κ1) is 22.8. The van der Waals surface area contributed by atoms with Gasteiger partial charge in [0.05, 0.1) is 43.0 Å². The van der Waals surface area contributed by atoms with Gasteiger partial charge in [-0.3, -0.25) is 4.79 Å². The minimum Gasteiger partial charge on any atom is -0.481 e. The Balaban J connectivity index is 1.97. The summed E-state index contributed by atoms with van der Waals surface area (Å²) < 4.78 is 10.6. The van der Waals surface area contributed by atoms with Crippen LogP contribution < -0.4 is 15.0 Å². The minimum atomic E-state index is -0.786. The van der Waals surface area contributed by atoms with Crippen molar-refractivity contribution in [1.82, 2.24) is 9.97 Å². The van der Waals surface area contributed by atoms with Gasteiger partial charge in [-0.05, 0) is 49.8 Å². The number of aromatic nitrogens is 2. The van der Waals surface area contributed by atoms with E-state index in [1.54, 1.807) is 12.4 Å². The number of ether oxygens (including phenoxy) is 2. The van der Waals surface area contributed by atoms with Crippen molar-refractivity contribution in [3.63, 3.8) is 0 Å². The van der Waals surface area contributed by atoms with Crippen LogP contribution in [-0.2, 0) is 9.53 Å². The summed E-state index contributed by atoms with van der Waals surface area (Å²) in [6.45, 7) is 6.58. The third-order valence-electron chi connectivity index (χ3n) is 5.78. The zero-order valence-electron chi connectivity index (χ0n) is 18.5. The van der Waals surface area contributed by atoms with E-state index in [2.05, 4.69) is 45.3 Å². The van der Waals surface area contributed by atoms with E-state index in [1.807, 2.05) is 6.92 Å². The molecular weight excluding hydrogens is 396 g/mol. The Morgan fingerprint density at radius 1 is 1.29 bits per heavy atom. The Hall–Kier alpha value is -2.87. The maximum atomic E-state index is 11.3. The molecule has 8 heteroatoms. The van der Waals surface area contributed by atoms with Gasteiger partial charge in [0.15, 0.2) is 0 Å². The molecule has 0 bridgehead atoms. The Morgan fingerprint density at radius 3 is 2.58 bits per heavy atom. The molecule has 2 aromatic rings. The average molecular weight is 429 g/mol. The largest absolute Gasteiger partial charge is 0.481 e. The molecule has 0 amide bonds. The summed E-state index contributed by atoms with van der Waals surface area (Å²) >= 11 is 0. The number of benzene rings is 1. The zero-order valence-corrected chi connectivity index (χ0v) is 18.5. The molecule has 31 heavy (non-hydrogen) atoms. The monoisotopic (exact) mass is 428 g/mol. The Labute approximate surface area is 183 Å². The first-order valence-electron chi connectivity index (χ1n) is 10.9.